The molecule has 0 aliphatic heterocycles. The van der Waals surface area contributed by atoms with Crippen LogP contribution in [0.1, 0.15) is 11.1 Å². The number of amides is 1. The fraction of sp³-hybridized carbons (Fsp3) is 0.136. The van der Waals surface area contributed by atoms with E-state index in [2.05, 4.69) is 58.4 Å². The summed E-state index contributed by atoms with van der Waals surface area (Å²) in [5.41, 5.74) is 3.78. The maximum atomic E-state index is 12.2. The molecule has 2 N–H and O–H groups in total. The van der Waals surface area contributed by atoms with Crippen LogP contribution >= 0.6 is 59.4 Å². The molecule has 3 rings (SSSR count). The molecule has 0 fully saturated rings. The highest BCUT2D eigenvalue weighted by molar-refractivity contribution is 9.11. The SMILES string of the molecule is Cc1cccc(NC(=O)COc2c(Br)cc(CNc3ccc(Br)c(Cl)c3)cc2Br)c1. The number of anilines is 2. The lowest BCUT2D eigenvalue weighted by atomic mass is 10.2. The summed E-state index contributed by atoms with van der Waals surface area (Å²) in [5.74, 6) is 0.349. The molecule has 156 valence electrons. The highest BCUT2D eigenvalue weighted by Crippen LogP contribution is 2.35. The molecule has 3 aromatic carbocycles. The Labute approximate surface area is 205 Å². The van der Waals surface area contributed by atoms with Gasteiger partial charge in [-0.1, -0.05) is 23.7 Å². The molecular weight excluding hydrogens is 599 g/mol. The van der Waals surface area contributed by atoms with E-state index >= 15 is 0 Å². The average molecular weight is 618 g/mol. The third-order valence-electron chi connectivity index (χ3n) is 4.12. The molecule has 0 radical (unpaired) electrons. The van der Waals surface area contributed by atoms with Gasteiger partial charge in [0, 0.05) is 22.4 Å². The monoisotopic (exact) mass is 614 g/mol. The molecule has 0 atom stereocenters. The maximum Gasteiger partial charge on any atom is 0.262 e. The van der Waals surface area contributed by atoms with Crippen molar-refractivity contribution in [3.63, 3.8) is 0 Å². The first-order chi connectivity index (χ1) is 14.3. The number of halogens is 4. The van der Waals surface area contributed by atoms with E-state index in [4.69, 9.17) is 16.3 Å². The van der Waals surface area contributed by atoms with Gasteiger partial charge in [-0.3, -0.25) is 4.79 Å². The predicted molar refractivity (Wildman–Crippen MR) is 134 cm³/mol. The molecule has 0 saturated heterocycles. The van der Waals surface area contributed by atoms with E-state index in [1.165, 1.54) is 0 Å². The lowest BCUT2D eigenvalue weighted by molar-refractivity contribution is -0.118. The molecule has 0 heterocycles. The van der Waals surface area contributed by atoms with Gasteiger partial charge < -0.3 is 15.4 Å². The van der Waals surface area contributed by atoms with Gasteiger partial charge in [-0.2, -0.15) is 0 Å². The number of rotatable bonds is 7. The first-order valence-electron chi connectivity index (χ1n) is 8.98. The number of hydrogen-bond donors (Lipinski definition) is 2. The van der Waals surface area contributed by atoms with Crippen molar-refractivity contribution in [2.75, 3.05) is 17.2 Å². The number of aryl methyl sites for hydroxylation is 1. The Balaban J connectivity index is 1.59. The molecule has 0 aromatic heterocycles. The Bertz CT molecular complexity index is 1050. The Kier molecular flexibility index (Phi) is 8.22. The summed E-state index contributed by atoms with van der Waals surface area (Å²) >= 11 is 16.6. The molecule has 8 heteroatoms. The highest BCUT2D eigenvalue weighted by atomic mass is 79.9. The van der Waals surface area contributed by atoms with Crippen molar-refractivity contribution in [1.29, 1.82) is 0 Å². The van der Waals surface area contributed by atoms with Crippen LogP contribution in [0.3, 0.4) is 0 Å². The van der Waals surface area contributed by atoms with Gasteiger partial charge in [0.1, 0.15) is 5.75 Å². The van der Waals surface area contributed by atoms with Crippen LogP contribution in [0.4, 0.5) is 11.4 Å². The molecule has 0 aliphatic rings. The van der Waals surface area contributed by atoms with Crippen LogP contribution in [0.5, 0.6) is 5.75 Å². The van der Waals surface area contributed by atoms with Crippen molar-refractivity contribution in [3.8, 4) is 5.75 Å². The average Bonchev–Trinajstić information content (AvgIpc) is 2.68. The number of nitrogens with one attached hydrogen (secondary N) is 2. The highest BCUT2D eigenvalue weighted by Gasteiger charge is 2.12. The molecule has 0 unspecified atom stereocenters. The Morgan fingerprint density at radius 2 is 1.70 bits per heavy atom. The molecule has 0 aliphatic carbocycles. The minimum Gasteiger partial charge on any atom is -0.481 e. The van der Waals surface area contributed by atoms with Gasteiger partial charge in [-0.15, -0.1) is 0 Å². The minimum absolute atomic E-state index is 0.0971. The van der Waals surface area contributed by atoms with Crippen LogP contribution in [0.25, 0.3) is 0 Å². The van der Waals surface area contributed by atoms with E-state index in [0.29, 0.717) is 17.3 Å². The second-order valence-electron chi connectivity index (χ2n) is 6.58. The molecule has 0 bridgehead atoms. The minimum atomic E-state index is -0.225. The number of benzene rings is 3. The molecule has 0 saturated carbocycles. The standard InChI is InChI=1S/C22H18Br3ClN2O2/c1-13-3-2-4-16(7-13)28-21(29)12-30-22-18(24)8-14(9-19(22)25)11-27-15-5-6-17(23)20(26)10-15/h2-10,27H,11-12H2,1H3,(H,28,29). The van der Waals surface area contributed by atoms with E-state index in [1.54, 1.807) is 0 Å². The summed E-state index contributed by atoms with van der Waals surface area (Å²) in [6, 6.07) is 17.2. The van der Waals surface area contributed by atoms with Crippen molar-refractivity contribution in [2.45, 2.75) is 13.5 Å². The Morgan fingerprint density at radius 1 is 0.967 bits per heavy atom. The van der Waals surface area contributed by atoms with Gasteiger partial charge in [0.05, 0.1) is 14.0 Å². The predicted octanol–water partition coefficient (Wildman–Crippen LogP) is 7.57. The first kappa shape index (κ1) is 23.1. The summed E-state index contributed by atoms with van der Waals surface area (Å²) in [6.07, 6.45) is 0. The summed E-state index contributed by atoms with van der Waals surface area (Å²) in [5, 5.41) is 6.81. The van der Waals surface area contributed by atoms with Crippen molar-refractivity contribution in [1.82, 2.24) is 0 Å². The topological polar surface area (TPSA) is 50.4 Å². The van der Waals surface area contributed by atoms with Crippen LogP contribution < -0.4 is 15.4 Å². The fourth-order valence-corrected chi connectivity index (χ4v) is 4.66. The summed E-state index contributed by atoms with van der Waals surface area (Å²) in [4.78, 5) is 12.2. The van der Waals surface area contributed by atoms with E-state index in [1.807, 2.05) is 61.5 Å². The number of ether oxygens (including phenoxy) is 1. The normalized spacial score (nSPS) is 10.6. The molecule has 3 aromatic rings. The smallest absolute Gasteiger partial charge is 0.262 e. The van der Waals surface area contributed by atoms with Crippen molar-refractivity contribution >= 4 is 76.7 Å². The van der Waals surface area contributed by atoms with Crippen LogP contribution in [-0.4, -0.2) is 12.5 Å². The quantitative estimate of drug-likeness (QED) is 0.288. The molecule has 1 amide bonds. The molecule has 4 nitrogen and oxygen atoms in total. The number of hydrogen-bond acceptors (Lipinski definition) is 3. The first-order valence-corrected chi connectivity index (χ1v) is 11.7. The van der Waals surface area contributed by atoms with E-state index < -0.39 is 0 Å². The van der Waals surface area contributed by atoms with Gasteiger partial charge in [-0.25, -0.2) is 0 Å². The van der Waals surface area contributed by atoms with Crippen molar-refractivity contribution < 1.29 is 9.53 Å². The van der Waals surface area contributed by atoms with Crippen LogP contribution in [0.2, 0.25) is 5.02 Å². The van der Waals surface area contributed by atoms with Crippen LogP contribution in [-0.2, 0) is 11.3 Å². The lowest BCUT2D eigenvalue weighted by Gasteiger charge is -2.14. The van der Waals surface area contributed by atoms with E-state index in [0.717, 1.165) is 35.9 Å². The largest absolute Gasteiger partial charge is 0.481 e. The number of carbonyl (C=O) groups is 1. The van der Waals surface area contributed by atoms with Crippen molar-refractivity contribution in [2.24, 2.45) is 0 Å². The van der Waals surface area contributed by atoms with Crippen LogP contribution in [0, 0.1) is 6.92 Å². The molecule has 0 spiro atoms. The summed E-state index contributed by atoms with van der Waals surface area (Å²) in [7, 11) is 0. The zero-order chi connectivity index (χ0) is 21.7. The van der Waals surface area contributed by atoms with Crippen molar-refractivity contribution in [3.05, 3.63) is 84.2 Å². The van der Waals surface area contributed by atoms with E-state index in [-0.39, 0.29) is 12.5 Å². The molecular formula is C22H18Br3ClN2O2. The van der Waals surface area contributed by atoms with Gasteiger partial charge in [0.15, 0.2) is 6.61 Å². The second-order valence-corrected chi connectivity index (χ2v) is 9.55. The molecule has 30 heavy (non-hydrogen) atoms. The fourth-order valence-electron chi connectivity index (χ4n) is 2.72. The van der Waals surface area contributed by atoms with Gasteiger partial charge in [0.25, 0.3) is 5.91 Å². The third-order valence-corrected chi connectivity index (χ3v) is 6.53. The Hall–Kier alpha value is -1.54. The zero-order valence-electron chi connectivity index (χ0n) is 15.9. The maximum absolute atomic E-state index is 12.2. The Morgan fingerprint density at radius 3 is 2.37 bits per heavy atom. The van der Waals surface area contributed by atoms with Gasteiger partial charge in [-0.05, 0) is 108 Å². The second kappa shape index (κ2) is 10.7. The number of carbonyl (C=O) groups excluding carboxylic acids is 1. The summed E-state index contributed by atoms with van der Waals surface area (Å²) < 4.78 is 8.10. The van der Waals surface area contributed by atoms with Gasteiger partial charge in [0.2, 0.25) is 0 Å². The van der Waals surface area contributed by atoms with Crippen LogP contribution in [0.15, 0.2) is 68.0 Å². The lowest BCUT2D eigenvalue weighted by Crippen LogP contribution is -2.20. The van der Waals surface area contributed by atoms with E-state index in [9.17, 15) is 4.79 Å². The zero-order valence-corrected chi connectivity index (χ0v) is 21.5. The third kappa shape index (κ3) is 6.48. The summed E-state index contributed by atoms with van der Waals surface area (Å²) in [6.45, 7) is 2.48. The van der Waals surface area contributed by atoms with Gasteiger partial charge >= 0.3 is 0 Å².